The molecule has 94 valence electrons. The number of rotatable bonds is 4. The van der Waals surface area contributed by atoms with Crippen LogP contribution in [-0.2, 0) is 6.42 Å². The van der Waals surface area contributed by atoms with Gasteiger partial charge in [0.2, 0.25) is 0 Å². The second-order valence-corrected chi connectivity index (χ2v) is 4.84. The number of aryl methyl sites for hydroxylation is 3. The summed E-state index contributed by atoms with van der Waals surface area (Å²) in [5.41, 5.74) is 4.83. The summed E-state index contributed by atoms with van der Waals surface area (Å²) in [7, 11) is 0. The van der Waals surface area contributed by atoms with Crippen LogP contribution in [0.15, 0.2) is 48.5 Å². The standard InChI is InChI=1S/C17H20O/c1-13-7-3-5-9-15(13)11-12-17(18)16-10-6-4-8-14(16)2/h3-10,17-18H,11-12H2,1-2H3. The highest BCUT2D eigenvalue weighted by molar-refractivity contribution is 5.29. The van der Waals surface area contributed by atoms with Crippen molar-refractivity contribution < 1.29 is 5.11 Å². The molecule has 0 aliphatic rings. The number of hydrogen-bond acceptors (Lipinski definition) is 1. The molecule has 18 heavy (non-hydrogen) atoms. The molecule has 0 aromatic heterocycles. The number of aliphatic hydroxyl groups is 1. The molecule has 0 spiro atoms. The molecule has 0 aliphatic heterocycles. The van der Waals surface area contributed by atoms with Gasteiger partial charge in [0.1, 0.15) is 0 Å². The van der Waals surface area contributed by atoms with Crippen molar-refractivity contribution in [1.82, 2.24) is 0 Å². The van der Waals surface area contributed by atoms with E-state index in [2.05, 4.69) is 31.2 Å². The normalized spacial score (nSPS) is 12.4. The van der Waals surface area contributed by atoms with Gasteiger partial charge in [-0.1, -0.05) is 48.5 Å². The van der Waals surface area contributed by atoms with Crippen LogP contribution >= 0.6 is 0 Å². The quantitative estimate of drug-likeness (QED) is 0.857. The van der Waals surface area contributed by atoms with Gasteiger partial charge in [0.05, 0.1) is 6.10 Å². The second-order valence-electron chi connectivity index (χ2n) is 4.84. The summed E-state index contributed by atoms with van der Waals surface area (Å²) in [6.45, 7) is 4.17. The Morgan fingerprint density at radius 1 is 0.889 bits per heavy atom. The van der Waals surface area contributed by atoms with Gasteiger partial charge in [0, 0.05) is 0 Å². The first kappa shape index (κ1) is 12.8. The lowest BCUT2D eigenvalue weighted by atomic mass is 9.96. The van der Waals surface area contributed by atoms with Crippen LogP contribution in [0.4, 0.5) is 0 Å². The van der Waals surface area contributed by atoms with Gasteiger partial charge in [-0.05, 0) is 48.9 Å². The van der Waals surface area contributed by atoms with Gasteiger partial charge >= 0.3 is 0 Å². The molecule has 2 aromatic carbocycles. The molecule has 0 saturated heterocycles. The third kappa shape index (κ3) is 2.99. The Kier molecular flexibility index (Phi) is 4.16. The number of hydrogen-bond donors (Lipinski definition) is 1. The van der Waals surface area contributed by atoms with E-state index in [0.717, 1.165) is 24.0 Å². The molecule has 0 fully saturated rings. The van der Waals surface area contributed by atoms with Crippen molar-refractivity contribution in [2.45, 2.75) is 32.8 Å². The predicted molar refractivity (Wildman–Crippen MR) is 75.6 cm³/mol. The third-order valence-electron chi connectivity index (χ3n) is 3.50. The summed E-state index contributed by atoms with van der Waals surface area (Å²) in [5, 5.41) is 10.3. The minimum Gasteiger partial charge on any atom is -0.388 e. The van der Waals surface area contributed by atoms with Gasteiger partial charge in [0.15, 0.2) is 0 Å². The molecule has 0 aliphatic carbocycles. The SMILES string of the molecule is Cc1ccccc1CCC(O)c1ccccc1C. The Labute approximate surface area is 109 Å². The first-order chi connectivity index (χ1) is 8.68. The molecule has 0 bridgehead atoms. The molecule has 1 N–H and O–H groups in total. The summed E-state index contributed by atoms with van der Waals surface area (Å²) < 4.78 is 0. The molecule has 1 nitrogen and oxygen atoms in total. The average Bonchev–Trinajstić information content (AvgIpc) is 2.38. The van der Waals surface area contributed by atoms with Crippen LogP contribution in [0, 0.1) is 13.8 Å². The van der Waals surface area contributed by atoms with Gasteiger partial charge < -0.3 is 5.11 Å². The van der Waals surface area contributed by atoms with Crippen LogP contribution < -0.4 is 0 Å². The van der Waals surface area contributed by atoms with Crippen molar-refractivity contribution in [3.05, 3.63) is 70.8 Å². The van der Waals surface area contributed by atoms with Crippen molar-refractivity contribution in [2.75, 3.05) is 0 Å². The molecule has 2 aromatic rings. The first-order valence-corrected chi connectivity index (χ1v) is 6.46. The molecule has 1 heteroatoms. The first-order valence-electron chi connectivity index (χ1n) is 6.46. The molecule has 0 heterocycles. The maximum absolute atomic E-state index is 10.3. The van der Waals surface area contributed by atoms with E-state index in [-0.39, 0.29) is 6.10 Å². The molecular formula is C17H20O. The molecule has 1 atom stereocenters. The smallest absolute Gasteiger partial charge is 0.0795 e. The molecule has 1 unspecified atom stereocenters. The van der Waals surface area contributed by atoms with Gasteiger partial charge in [0.25, 0.3) is 0 Å². The van der Waals surface area contributed by atoms with Crippen LogP contribution in [0.25, 0.3) is 0 Å². The third-order valence-corrected chi connectivity index (χ3v) is 3.50. The summed E-state index contributed by atoms with van der Waals surface area (Å²) in [6.07, 6.45) is 1.32. The van der Waals surface area contributed by atoms with E-state index in [4.69, 9.17) is 0 Å². The van der Waals surface area contributed by atoms with Crippen LogP contribution in [-0.4, -0.2) is 5.11 Å². The molecule has 0 radical (unpaired) electrons. The van der Waals surface area contributed by atoms with Crippen molar-refractivity contribution in [1.29, 1.82) is 0 Å². The highest BCUT2D eigenvalue weighted by Crippen LogP contribution is 2.22. The Bertz CT molecular complexity index is 517. The van der Waals surface area contributed by atoms with E-state index in [0.29, 0.717) is 0 Å². The zero-order chi connectivity index (χ0) is 13.0. The van der Waals surface area contributed by atoms with Crippen LogP contribution in [0.1, 0.15) is 34.8 Å². The maximum Gasteiger partial charge on any atom is 0.0795 e. The van der Waals surface area contributed by atoms with Crippen molar-refractivity contribution in [2.24, 2.45) is 0 Å². The molecule has 0 amide bonds. The van der Waals surface area contributed by atoms with Crippen molar-refractivity contribution >= 4 is 0 Å². The lowest BCUT2D eigenvalue weighted by molar-refractivity contribution is 0.167. The zero-order valence-electron chi connectivity index (χ0n) is 11.1. The molecule has 0 saturated carbocycles. The Morgan fingerprint density at radius 2 is 1.50 bits per heavy atom. The Balaban J connectivity index is 2.03. The fraction of sp³-hybridized carbons (Fsp3) is 0.294. The largest absolute Gasteiger partial charge is 0.388 e. The van der Waals surface area contributed by atoms with Crippen molar-refractivity contribution in [3.63, 3.8) is 0 Å². The highest BCUT2D eigenvalue weighted by Gasteiger charge is 2.10. The summed E-state index contributed by atoms with van der Waals surface area (Å²) >= 11 is 0. The number of aliphatic hydroxyl groups excluding tert-OH is 1. The summed E-state index contributed by atoms with van der Waals surface area (Å²) in [6, 6.07) is 16.4. The van der Waals surface area contributed by atoms with E-state index in [9.17, 15) is 5.11 Å². The maximum atomic E-state index is 10.3. The zero-order valence-corrected chi connectivity index (χ0v) is 11.1. The molecule has 2 rings (SSSR count). The average molecular weight is 240 g/mol. The minimum atomic E-state index is -0.370. The van der Waals surface area contributed by atoms with Crippen LogP contribution in [0.2, 0.25) is 0 Å². The van der Waals surface area contributed by atoms with Gasteiger partial charge in [-0.25, -0.2) is 0 Å². The second kappa shape index (κ2) is 5.83. The summed E-state index contributed by atoms with van der Waals surface area (Å²) in [4.78, 5) is 0. The van der Waals surface area contributed by atoms with E-state index in [1.165, 1.54) is 11.1 Å². The minimum absolute atomic E-state index is 0.370. The van der Waals surface area contributed by atoms with Gasteiger partial charge in [-0.15, -0.1) is 0 Å². The predicted octanol–water partition coefficient (Wildman–Crippen LogP) is 3.97. The van der Waals surface area contributed by atoms with Crippen LogP contribution in [0.3, 0.4) is 0 Å². The Hall–Kier alpha value is -1.60. The van der Waals surface area contributed by atoms with E-state index in [1.807, 2.05) is 31.2 Å². The Morgan fingerprint density at radius 3 is 2.17 bits per heavy atom. The highest BCUT2D eigenvalue weighted by atomic mass is 16.3. The monoisotopic (exact) mass is 240 g/mol. The van der Waals surface area contributed by atoms with Crippen LogP contribution in [0.5, 0.6) is 0 Å². The lowest BCUT2D eigenvalue weighted by Gasteiger charge is -2.14. The number of benzene rings is 2. The van der Waals surface area contributed by atoms with Gasteiger partial charge in [-0.3, -0.25) is 0 Å². The van der Waals surface area contributed by atoms with Crippen molar-refractivity contribution in [3.8, 4) is 0 Å². The lowest BCUT2D eigenvalue weighted by Crippen LogP contribution is -2.02. The topological polar surface area (TPSA) is 20.2 Å². The van der Waals surface area contributed by atoms with E-state index >= 15 is 0 Å². The fourth-order valence-corrected chi connectivity index (χ4v) is 2.30. The van der Waals surface area contributed by atoms with Gasteiger partial charge in [-0.2, -0.15) is 0 Å². The van der Waals surface area contributed by atoms with E-state index < -0.39 is 0 Å². The van der Waals surface area contributed by atoms with E-state index in [1.54, 1.807) is 0 Å². The summed E-state index contributed by atoms with van der Waals surface area (Å²) in [5.74, 6) is 0. The molecular weight excluding hydrogens is 220 g/mol. The fourth-order valence-electron chi connectivity index (χ4n) is 2.30.